The van der Waals surface area contributed by atoms with Gasteiger partial charge >= 0.3 is 0 Å². The third-order valence-corrected chi connectivity index (χ3v) is 7.12. The fourth-order valence-electron chi connectivity index (χ4n) is 2.40. The van der Waals surface area contributed by atoms with Gasteiger partial charge in [-0.05, 0) is 37.1 Å². The van der Waals surface area contributed by atoms with Crippen molar-refractivity contribution in [2.24, 2.45) is 5.92 Å². The number of amides is 1. The smallest absolute Gasteiger partial charge is 0.252 e. The first-order valence-electron chi connectivity index (χ1n) is 7.91. The van der Waals surface area contributed by atoms with E-state index in [1.807, 2.05) is 14.0 Å². The highest BCUT2D eigenvalue weighted by Gasteiger charge is 2.22. The Hall–Kier alpha value is -0.920. The highest BCUT2D eigenvalue weighted by Crippen LogP contribution is 2.20. The van der Waals surface area contributed by atoms with Gasteiger partial charge in [-0.3, -0.25) is 4.79 Å². The van der Waals surface area contributed by atoms with Gasteiger partial charge < -0.3 is 4.90 Å². The van der Waals surface area contributed by atoms with Crippen LogP contribution in [0.1, 0.15) is 40.0 Å². The van der Waals surface area contributed by atoms with E-state index < -0.39 is 10.0 Å². The molecule has 0 unspecified atom stereocenters. The number of carbonyl (C=O) groups excluding carboxylic acids is 1. The zero-order valence-electron chi connectivity index (χ0n) is 14.7. The number of hydrogen-bond acceptors (Lipinski definition) is 4. The zero-order chi connectivity index (χ0) is 17.6. The summed E-state index contributed by atoms with van der Waals surface area (Å²) < 4.78 is 26.2. The van der Waals surface area contributed by atoms with Crippen LogP contribution in [0.5, 0.6) is 0 Å². The zero-order valence-corrected chi connectivity index (χ0v) is 16.3. The largest absolute Gasteiger partial charge is 0.343 e. The van der Waals surface area contributed by atoms with Crippen molar-refractivity contribution in [3.05, 3.63) is 17.5 Å². The second-order valence-electron chi connectivity index (χ2n) is 6.35. The van der Waals surface area contributed by atoms with E-state index in [1.165, 1.54) is 15.6 Å². The van der Waals surface area contributed by atoms with Crippen molar-refractivity contribution in [3.63, 3.8) is 0 Å². The van der Waals surface area contributed by atoms with Crippen LogP contribution in [0.2, 0.25) is 0 Å². The van der Waals surface area contributed by atoms with Gasteiger partial charge in [-0.15, -0.1) is 11.3 Å². The summed E-state index contributed by atoms with van der Waals surface area (Å²) >= 11 is 1.21. The number of nitrogens with zero attached hydrogens (tertiary/aromatic N) is 2. The van der Waals surface area contributed by atoms with Crippen LogP contribution in [-0.4, -0.2) is 50.2 Å². The van der Waals surface area contributed by atoms with E-state index in [1.54, 1.807) is 29.5 Å². The summed E-state index contributed by atoms with van der Waals surface area (Å²) in [7, 11) is -0.0381. The van der Waals surface area contributed by atoms with Crippen LogP contribution in [0.4, 0.5) is 0 Å². The summed E-state index contributed by atoms with van der Waals surface area (Å²) in [6.07, 6.45) is 1.86. The Labute approximate surface area is 144 Å². The molecule has 0 saturated heterocycles. The van der Waals surface area contributed by atoms with Crippen molar-refractivity contribution in [2.75, 3.05) is 20.6 Å². The lowest BCUT2D eigenvalue weighted by molar-refractivity contribution is -0.132. The van der Waals surface area contributed by atoms with E-state index >= 15 is 0 Å². The molecule has 0 N–H and O–H groups in total. The minimum Gasteiger partial charge on any atom is -0.343 e. The van der Waals surface area contributed by atoms with Gasteiger partial charge in [0.25, 0.3) is 10.0 Å². The lowest BCUT2D eigenvalue weighted by Crippen LogP contribution is -2.36. The third-order valence-electron chi connectivity index (χ3n) is 3.89. The van der Waals surface area contributed by atoms with Crippen molar-refractivity contribution in [3.8, 4) is 0 Å². The molecule has 7 heteroatoms. The van der Waals surface area contributed by atoms with Gasteiger partial charge in [0.05, 0.1) is 0 Å². The molecule has 1 atom stereocenters. The third kappa shape index (κ3) is 5.90. The minimum absolute atomic E-state index is 0.0695. The van der Waals surface area contributed by atoms with Crippen LogP contribution >= 0.6 is 11.3 Å². The van der Waals surface area contributed by atoms with Crippen LogP contribution in [0.3, 0.4) is 0 Å². The second kappa shape index (κ2) is 8.80. The molecule has 0 aliphatic heterocycles. The van der Waals surface area contributed by atoms with Gasteiger partial charge in [-0.25, -0.2) is 12.7 Å². The average molecular weight is 361 g/mol. The van der Waals surface area contributed by atoms with E-state index in [2.05, 4.69) is 13.8 Å². The number of rotatable bonds is 9. The van der Waals surface area contributed by atoms with Gasteiger partial charge in [0.2, 0.25) is 5.91 Å². The van der Waals surface area contributed by atoms with Crippen LogP contribution in [0.15, 0.2) is 21.7 Å². The van der Waals surface area contributed by atoms with Crippen molar-refractivity contribution in [1.29, 1.82) is 0 Å². The van der Waals surface area contributed by atoms with Crippen LogP contribution in [0.25, 0.3) is 0 Å². The number of carbonyl (C=O) groups is 1. The Morgan fingerprint density at radius 3 is 2.43 bits per heavy atom. The lowest BCUT2D eigenvalue weighted by Gasteiger charge is -2.26. The standard InChI is InChI=1S/C16H28N2O3S2/c1-13(2)12-14(3)18(5)15(19)8-6-10-17(4)23(20,21)16-9-7-11-22-16/h7,9,11,13-14H,6,8,10,12H2,1-5H3/t14-/m1/s1. The van der Waals surface area contributed by atoms with E-state index in [-0.39, 0.29) is 11.9 Å². The molecule has 0 aromatic carbocycles. The Morgan fingerprint density at radius 1 is 1.26 bits per heavy atom. The molecule has 0 aliphatic carbocycles. The van der Waals surface area contributed by atoms with Gasteiger partial charge in [0.15, 0.2) is 0 Å². The highest BCUT2D eigenvalue weighted by molar-refractivity contribution is 7.91. The second-order valence-corrected chi connectivity index (χ2v) is 9.56. The molecular formula is C16H28N2O3S2. The topological polar surface area (TPSA) is 57.7 Å². The molecule has 0 spiro atoms. The van der Waals surface area contributed by atoms with Gasteiger partial charge in [0, 0.05) is 33.1 Å². The van der Waals surface area contributed by atoms with Crippen LogP contribution < -0.4 is 0 Å². The minimum atomic E-state index is -3.42. The van der Waals surface area contributed by atoms with E-state index in [4.69, 9.17) is 0 Å². The van der Waals surface area contributed by atoms with Gasteiger partial charge in [0.1, 0.15) is 4.21 Å². The molecule has 0 fully saturated rings. The number of sulfonamides is 1. The molecule has 1 aromatic rings. The van der Waals surface area contributed by atoms with Crippen LogP contribution in [0, 0.1) is 5.92 Å². The maximum absolute atomic E-state index is 12.3. The summed E-state index contributed by atoms with van der Waals surface area (Å²) in [6.45, 7) is 6.67. The Balaban J connectivity index is 2.45. The first-order chi connectivity index (χ1) is 10.7. The van der Waals surface area contributed by atoms with E-state index in [0.717, 1.165) is 6.42 Å². The lowest BCUT2D eigenvalue weighted by atomic mass is 10.0. The van der Waals surface area contributed by atoms with Gasteiger partial charge in [-0.2, -0.15) is 0 Å². The van der Waals surface area contributed by atoms with E-state index in [0.29, 0.717) is 29.5 Å². The molecule has 23 heavy (non-hydrogen) atoms. The molecule has 0 saturated carbocycles. The van der Waals surface area contributed by atoms with Crippen molar-refractivity contribution in [1.82, 2.24) is 9.21 Å². The first kappa shape index (κ1) is 20.1. The summed E-state index contributed by atoms with van der Waals surface area (Å²) in [5.74, 6) is 0.613. The summed E-state index contributed by atoms with van der Waals surface area (Å²) in [4.78, 5) is 14.0. The molecule has 0 aliphatic rings. The quantitative estimate of drug-likeness (QED) is 0.680. The first-order valence-corrected chi connectivity index (χ1v) is 10.2. The Kier molecular flexibility index (Phi) is 7.70. The SMILES string of the molecule is CC(C)C[C@@H](C)N(C)C(=O)CCCN(C)S(=O)(=O)c1cccs1. The molecule has 1 rings (SSSR count). The summed E-state index contributed by atoms with van der Waals surface area (Å²) in [5, 5.41) is 1.75. The molecule has 1 heterocycles. The molecule has 1 amide bonds. The molecule has 1 aromatic heterocycles. The maximum atomic E-state index is 12.3. The summed E-state index contributed by atoms with van der Waals surface area (Å²) in [6, 6.07) is 3.53. The van der Waals surface area contributed by atoms with Crippen LogP contribution in [-0.2, 0) is 14.8 Å². The van der Waals surface area contributed by atoms with E-state index in [9.17, 15) is 13.2 Å². The monoisotopic (exact) mass is 360 g/mol. The highest BCUT2D eigenvalue weighted by atomic mass is 32.2. The number of thiophene rings is 1. The molecular weight excluding hydrogens is 332 g/mol. The maximum Gasteiger partial charge on any atom is 0.252 e. The van der Waals surface area contributed by atoms with Crippen molar-refractivity contribution < 1.29 is 13.2 Å². The normalized spacial score (nSPS) is 13.5. The Morgan fingerprint density at radius 2 is 1.91 bits per heavy atom. The predicted molar refractivity (Wildman–Crippen MR) is 95.1 cm³/mol. The van der Waals surface area contributed by atoms with Gasteiger partial charge in [-0.1, -0.05) is 19.9 Å². The Bertz CT molecular complexity index is 582. The molecule has 5 nitrogen and oxygen atoms in total. The van der Waals surface area contributed by atoms with Crippen molar-refractivity contribution in [2.45, 2.75) is 50.3 Å². The summed E-state index contributed by atoms with van der Waals surface area (Å²) in [5.41, 5.74) is 0. The van der Waals surface area contributed by atoms with Crippen molar-refractivity contribution >= 4 is 27.3 Å². The molecule has 0 bridgehead atoms. The predicted octanol–water partition coefficient (Wildman–Crippen LogP) is 3.04. The fourth-order valence-corrected chi connectivity index (χ4v) is 4.81. The number of hydrogen-bond donors (Lipinski definition) is 0. The molecule has 132 valence electrons. The average Bonchev–Trinajstić information content (AvgIpc) is 3.00. The molecule has 0 radical (unpaired) electrons. The fraction of sp³-hybridized carbons (Fsp3) is 0.688.